The van der Waals surface area contributed by atoms with Crippen LogP contribution >= 0.6 is 11.6 Å². The molecule has 0 spiro atoms. The minimum atomic E-state index is -0.705. The Bertz CT molecular complexity index is 797. The zero-order valence-electron chi connectivity index (χ0n) is 10.6. The number of nitrogens with zero attached hydrogens (tertiary/aromatic N) is 1. The zero-order valence-corrected chi connectivity index (χ0v) is 11.4. The summed E-state index contributed by atoms with van der Waals surface area (Å²) < 4.78 is 31.7. The van der Waals surface area contributed by atoms with Gasteiger partial charge in [0.15, 0.2) is 0 Å². The van der Waals surface area contributed by atoms with Gasteiger partial charge in [-0.25, -0.2) is 8.78 Å². The van der Waals surface area contributed by atoms with Crippen molar-refractivity contribution in [2.24, 2.45) is 0 Å². The molecule has 0 saturated carbocycles. The first kappa shape index (κ1) is 13.6. The first-order valence-corrected chi connectivity index (χ1v) is 6.40. The van der Waals surface area contributed by atoms with Crippen molar-refractivity contribution >= 4 is 17.5 Å². The fraction of sp³-hybridized carbons (Fsp3) is 0. The second-order valence-electron chi connectivity index (χ2n) is 4.44. The molecular formula is C15H9ClF2N2O. The van der Waals surface area contributed by atoms with Gasteiger partial charge in [0.05, 0.1) is 5.56 Å². The van der Waals surface area contributed by atoms with E-state index in [1.807, 2.05) is 0 Å². The summed E-state index contributed by atoms with van der Waals surface area (Å²) in [4.78, 5) is 0. The summed E-state index contributed by atoms with van der Waals surface area (Å²) in [5.41, 5.74) is 7.37. The van der Waals surface area contributed by atoms with Gasteiger partial charge in [-0.3, -0.25) is 0 Å². The normalized spacial score (nSPS) is 10.8. The van der Waals surface area contributed by atoms with E-state index >= 15 is 0 Å². The minimum absolute atomic E-state index is 0.0527. The van der Waals surface area contributed by atoms with Crippen LogP contribution in [0.15, 0.2) is 47.0 Å². The third-order valence-electron chi connectivity index (χ3n) is 2.97. The highest BCUT2D eigenvalue weighted by molar-refractivity contribution is 6.30. The quantitative estimate of drug-likeness (QED) is 0.757. The third kappa shape index (κ3) is 2.60. The molecule has 0 bridgehead atoms. The molecule has 0 fully saturated rings. The molecule has 3 aromatic rings. The lowest BCUT2D eigenvalue weighted by Crippen LogP contribution is -1.89. The van der Waals surface area contributed by atoms with Crippen molar-refractivity contribution in [3.05, 3.63) is 59.1 Å². The van der Waals surface area contributed by atoms with E-state index < -0.39 is 11.6 Å². The summed E-state index contributed by atoms with van der Waals surface area (Å²) in [7, 11) is 0. The number of aromatic nitrogens is 1. The predicted octanol–water partition coefficient (Wildman–Crippen LogP) is 4.52. The van der Waals surface area contributed by atoms with Gasteiger partial charge in [0.2, 0.25) is 5.88 Å². The topological polar surface area (TPSA) is 52.0 Å². The van der Waals surface area contributed by atoms with Gasteiger partial charge in [-0.15, -0.1) is 0 Å². The van der Waals surface area contributed by atoms with E-state index in [-0.39, 0.29) is 17.1 Å². The van der Waals surface area contributed by atoms with E-state index in [0.29, 0.717) is 16.1 Å². The molecular weight excluding hydrogens is 298 g/mol. The lowest BCUT2D eigenvalue weighted by molar-refractivity contribution is 0.439. The number of anilines is 1. The number of nitrogen functional groups attached to an aromatic ring is 1. The second kappa shape index (κ2) is 5.18. The van der Waals surface area contributed by atoms with Crippen LogP contribution in [0.2, 0.25) is 5.02 Å². The van der Waals surface area contributed by atoms with E-state index in [4.69, 9.17) is 21.9 Å². The molecule has 0 radical (unpaired) electrons. The summed E-state index contributed by atoms with van der Waals surface area (Å²) in [5.74, 6) is -1.36. The second-order valence-corrected chi connectivity index (χ2v) is 4.88. The largest absolute Gasteiger partial charge is 0.367 e. The average Bonchev–Trinajstić information content (AvgIpc) is 2.79. The van der Waals surface area contributed by atoms with Gasteiger partial charge < -0.3 is 10.3 Å². The van der Waals surface area contributed by atoms with Gasteiger partial charge in [-0.05, 0) is 29.8 Å². The van der Waals surface area contributed by atoms with Crippen molar-refractivity contribution < 1.29 is 13.3 Å². The van der Waals surface area contributed by atoms with Gasteiger partial charge in [0.25, 0.3) is 0 Å². The number of nitrogens with two attached hydrogens (primary N) is 1. The maximum atomic E-state index is 13.4. The van der Waals surface area contributed by atoms with Crippen LogP contribution in [0.4, 0.5) is 14.7 Å². The molecule has 0 aliphatic carbocycles. The molecule has 0 unspecified atom stereocenters. The van der Waals surface area contributed by atoms with Crippen LogP contribution < -0.4 is 5.73 Å². The maximum absolute atomic E-state index is 13.4. The lowest BCUT2D eigenvalue weighted by atomic mass is 10.0. The Hall–Kier alpha value is -2.40. The minimum Gasteiger partial charge on any atom is -0.367 e. The molecule has 2 N–H and O–H groups in total. The van der Waals surface area contributed by atoms with Crippen LogP contribution in [0.5, 0.6) is 0 Å². The summed E-state index contributed by atoms with van der Waals surface area (Å²) in [5, 5.41) is 4.30. The first-order chi connectivity index (χ1) is 10.0. The molecule has 21 heavy (non-hydrogen) atoms. The van der Waals surface area contributed by atoms with E-state index in [2.05, 4.69) is 5.16 Å². The fourth-order valence-corrected chi connectivity index (χ4v) is 2.30. The van der Waals surface area contributed by atoms with E-state index in [1.165, 1.54) is 0 Å². The molecule has 2 aromatic carbocycles. The SMILES string of the molecule is Nc1onc(-c2cc(F)cc(F)c2)c1-c1cccc(Cl)c1. The van der Waals surface area contributed by atoms with E-state index in [9.17, 15) is 8.78 Å². The van der Waals surface area contributed by atoms with Crippen LogP contribution in [0, 0.1) is 11.6 Å². The number of halogens is 3. The van der Waals surface area contributed by atoms with Crippen LogP contribution in [0.25, 0.3) is 22.4 Å². The number of benzene rings is 2. The predicted molar refractivity (Wildman–Crippen MR) is 76.7 cm³/mol. The van der Waals surface area contributed by atoms with Crippen molar-refractivity contribution in [3.63, 3.8) is 0 Å². The molecule has 0 atom stereocenters. The standard InChI is InChI=1S/C15H9ClF2N2O/c16-10-3-1-2-8(4-10)13-14(20-21-15(13)19)9-5-11(17)7-12(18)6-9/h1-7H,19H2. The molecule has 0 saturated heterocycles. The summed E-state index contributed by atoms with van der Waals surface area (Å²) in [6, 6.07) is 9.97. The monoisotopic (exact) mass is 306 g/mol. The zero-order chi connectivity index (χ0) is 15.0. The Kier molecular flexibility index (Phi) is 3.35. The molecule has 1 heterocycles. The Morgan fingerprint density at radius 3 is 2.38 bits per heavy atom. The smallest absolute Gasteiger partial charge is 0.230 e. The highest BCUT2D eigenvalue weighted by Crippen LogP contribution is 2.37. The Labute approximate surface area is 123 Å². The summed E-state index contributed by atoms with van der Waals surface area (Å²) >= 11 is 5.95. The molecule has 3 rings (SSSR count). The van der Waals surface area contributed by atoms with Gasteiger partial charge in [-0.2, -0.15) is 0 Å². The Balaban J connectivity index is 2.21. The van der Waals surface area contributed by atoms with Crippen LogP contribution in [0.3, 0.4) is 0 Å². The molecule has 6 heteroatoms. The van der Waals surface area contributed by atoms with E-state index in [1.54, 1.807) is 24.3 Å². The van der Waals surface area contributed by atoms with Crippen LogP contribution in [-0.2, 0) is 0 Å². The molecule has 0 aliphatic heterocycles. The molecule has 1 aromatic heterocycles. The van der Waals surface area contributed by atoms with Crippen LogP contribution in [-0.4, -0.2) is 5.16 Å². The average molecular weight is 307 g/mol. The number of rotatable bonds is 2. The number of hydrogen-bond donors (Lipinski definition) is 1. The molecule has 106 valence electrons. The van der Waals surface area contributed by atoms with Crippen molar-refractivity contribution in [2.45, 2.75) is 0 Å². The molecule has 0 aliphatic rings. The Morgan fingerprint density at radius 1 is 1.00 bits per heavy atom. The lowest BCUT2D eigenvalue weighted by Gasteiger charge is -2.04. The molecule has 3 nitrogen and oxygen atoms in total. The molecule has 0 amide bonds. The van der Waals surface area contributed by atoms with Crippen molar-refractivity contribution in [1.82, 2.24) is 5.16 Å². The van der Waals surface area contributed by atoms with E-state index in [0.717, 1.165) is 18.2 Å². The fourth-order valence-electron chi connectivity index (χ4n) is 2.11. The number of hydrogen-bond acceptors (Lipinski definition) is 3. The van der Waals surface area contributed by atoms with Gasteiger partial charge >= 0.3 is 0 Å². The Morgan fingerprint density at radius 2 is 1.71 bits per heavy atom. The third-order valence-corrected chi connectivity index (χ3v) is 3.20. The summed E-state index contributed by atoms with van der Waals surface area (Å²) in [6.45, 7) is 0. The van der Waals surface area contributed by atoms with Crippen molar-refractivity contribution in [1.29, 1.82) is 0 Å². The highest BCUT2D eigenvalue weighted by atomic mass is 35.5. The first-order valence-electron chi connectivity index (χ1n) is 6.02. The van der Waals surface area contributed by atoms with Gasteiger partial charge in [0, 0.05) is 16.7 Å². The summed E-state index contributed by atoms with van der Waals surface area (Å²) in [6.07, 6.45) is 0. The van der Waals surface area contributed by atoms with Gasteiger partial charge in [0.1, 0.15) is 17.3 Å². The van der Waals surface area contributed by atoms with Crippen LogP contribution in [0.1, 0.15) is 0 Å². The van der Waals surface area contributed by atoms with Gasteiger partial charge in [-0.1, -0.05) is 28.9 Å². The van der Waals surface area contributed by atoms with Crippen molar-refractivity contribution in [2.75, 3.05) is 5.73 Å². The van der Waals surface area contributed by atoms with Crippen molar-refractivity contribution in [3.8, 4) is 22.4 Å². The maximum Gasteiger partial charge on any atom is 0.230 e. The highest BCUT2D eigenvalue weighted by Gasteiger charge is 2.18.